The summed E-state index contributed by atoms with van der Waals surface area (Å²) in [6.07, 6.45) is 0. The van der Waals surface area contributed by atoms with Gasteiger partial charge in [-0.1, -0.05) is 0 Å². The predicted molar refractivity (Wildman–Crippen MR) is 25.3 cm³/mol. The molecule has 0 spiro atoms. The van der Waals surface area contributed by atoms with Gasteiger partial charge in [-0.15, -0.1) is 0 Å². The first-order valence-electron chi connectivity index (χ1n) is 1.91. The minimum Gasteiger partial charge on any atom is -0.184 e. The van der Waals surface area contributed by atoms with Gasteiger partial charge >= 0.3 is 0 Å². The monoisotopic (exact) mass is 166 g/mol. The van der Waals surface area contributed by atoms with Gasteiger partial charge in [0.2, 0.25) is 0 Å². The average Bonchev–Trinajstić information content (AvgIpc) is 1.72. The van der Waals surface area contributed by atoms with Crippen LogP contribution in [0.4, 0.5) is 0 Å². The maximum Gasteiger partial charge on any atom is 0 e. The molecule has 0 saturated carbocycles. The van der Waals surface area contributed by atoms with Gasteiger partial charge in [0.05, 0.1) is 0 Å². The molecule has 0 heterocycles. The summed E-state index contributed by atoms with van der Waals surface area (Å²) in [7, 11) is 0. The molecule has 1 aromatic rings. The molecule has 0 atom stereocenters. The molecule has 0 aliphatic rings. The molecule has 0 bridgehead atoms. The van der Waals surface area contributed by atoms with E-state index in [-0.39, 0.29) is 32.7 Å². The summed E-state index contributed by atoms with van der Waals surface area (Å²) in [6.45, 7) is 0. The largest absolute Gasteiger partial charge is 0.184 e. The minimum atomic E-state index is 0. The van der Waals surface area contributed by atoms with Crippen molar-refractivity contribution in [2.75, 3.05) is 0 Å². The van der Waals surface area contributed by atoms with Crippen molar-refractivity contribution in [2.45, 2.75) is 0 Å². The van der Waals surface area contributed by atoms with Gasteiger partial charge < -0.3 is 0 Å². The third-order valence-electron chi connectivity index (χ3n) is 0.607. The number of rotatable bonds is 0. The van der Waals surface area contributed by atoms with E-state index >= 15 is 0 Å². The molecule has 0 amide bonds. The molecule has 0 aromatic heterocycles. The van der Waals surface area contributed by atoms with E-state index in [4.69, 9.17) is 0 Å². The molecule has 0 fully saturated rings. The third kappa shape index (κ3) is 2.96. The third-order valence-corrected chi connectivity index (χ3v) is 0.607. The summed E-state index contributed by atoms with van der Waals surface area (Å²) >= 11 is 0. The van der Waals surface area contributed by atoms with Crippen molar-refractivity contribution in [3.8, 4) is 0 Å². The minimum absolute atomic E-state index is 0. The first-order chi connectivity index (χ1) is 3.00. The Morgan fingerprint density at radius 3 is 1.57 bits per heavy atom. The normalized spacial score (nSPS) is 6.86. The van der Waals surface area contributed by atoms with E-state index in [1.807, 2.05) is 30.3 Å². The van der Waals surface area contributed by atoms with Crippen LogP contribution in [-0.2, 0) is 32.7 Å². The average molecular weight is 166 g/mol. The molecule has 0 aliphatic carbocycles. The zero-order valence-electron chi connectivity index (χ0n) is 3.96. The van der Waals surface area contributed by atoms with Crippen LogP contribution in [0.5, 0.6) is 0 Å². The van der Waals surface area contributed by atoms with Crippen molar-refractivity contribution < 1.29 is 32.7 Å². The molecule has 1 radical (unpaired) electrons. The maximum absolute atomic E-state index is 2.89. The molecule has 0 saturated heterocycles. The van der Waals surface area contributed by atoms with E-state index in [2.05, 4.69) is 6.07 Å². The second kappa shape index (κ2) is 4.48. The molecule has 33 valence electrons. The molecular formula is C6H5Y-. The van der Waals surface area contributed by atoms with Gasteiger partial charge in [0.25, 0.3) is 0 Å². The Morgan fingerprint density at radius 2 is 1.43 bits per heavy atom. The quantitative estimate of drug-likeness (QED) is 0.512. The van der Waals surface area contributed by atoms with Gasteiger partial charge in [0.15, 0.2) is 0 Å². The van der Waals surface area contributed by atoms with Crippen LogP contribution in [0.15, 0.2) is 30.3 Å². The van der Waals surface area contributed by atoms with Crippen LogP contribution in [0.25, 0.3) is 0 Å². The Labute approximate surface area is 68.8 Å². The van der Waals surface area contributed by atoms with Gasteiger partial charge in [-0.05, 0) is 0 Å². The molecule has 1 aromatic carbocycles. The van der Waals surface area contributed by atoms with Crippen LogP contribution < -0.4 is 0 Å². The van der Waals surface area contributed by atoms with Crippen molar-refractivity contribution in [2.24, 2.45) is 0 Å². The van der Waals surface area contributed by atoms with Crippen LogP contribution in [0.2, 0.25) is 0 Å². The standard InChI is InChI=1S/C6H5.Y/c1-2-4-6-5-3-1;/h1-5H;/q-1;. The summed E-state index contributed by atoms with van der Waals surface area (Å²) in [6, 6.07) is 12.5. The van der Waals surface area contributed by atoms with Gasteiger partial charge in [0, 0.05) is 32.7 Å². The van der Waals surface area contributed by atoms with E-state index in [1.165, 1.54) is 0 Å². The SMILES string of the molecule is [Y].[c-]1ccccc1. The van der Waals surface area contributed by atoms with E-state index in [1.54, 1.807) is 0 Å². The zero-order chi connectivity index (χ0) is 4.24. The van der Waals surface area contributed by atoms with Gasteiger partial charge in [-0.25, -0.2) is 0 Å². The molecule has 1 heteroatoms. The van der Waals surface area contributed by atoms with Crippen molar-refractivity contribution >= 4 is 0 Å². The van der Waals surface area contributed by atoms with Crippen LogP contribution in [-0.4, -0.2) is 0 Å². The fourth-order valence-corrected chi connectivity index (χ4v) is 0.342. The zero-order valence-corrected chi connectivity index (χ0v) is 6.80. The summed E-state index contributed by atoms with van der Waals surface area (Å²) in [5.74, 6) is 0. The Hall–Kier alpha value is 0.324. The number of hydrogen-bond acceptors (Lipinski definition) is 0. The number of benzene rings is 1. The summed E-state index contributed by atoms with van der Waals surface area (Å²) in [5.41, 5.74) is 0. The Morgan fingerprint density at radius 1 is 0.857 bits per heavy atom. The van der Waals surface area contributed by atoms with Crippen molar-refractivity contribution in [1.82, 2.24) is 0 Å². The molecule has 0 nitrogen and oxygen atoms in total. The Bertz CT molecular complexity index is 76.1. The van der Waals surface area contributed by atoms with Crippen LogP contribution in [0.3, 0.4) is 0 Å². The molecule has 0 aliphatic heterocycles. The van der Waals surface area contributed by atoms with Gasteiger partial charge in [0.1, 0.15) is 0 Å². The maximum atomic E-state index is 2.89. The van der Waals surface area contributed by atoms with E-state index in [9.17, 15) is 0 Å². The molecular weight excluding hydrogens is 161 g/mol. The molecule has 1 rings (SSSR count). The van der Waals surface area contributed by atoms with Crippen molar-refractivity contribution in [3.63, 3.8) is 0 Å². The first-order valence-corrected chi connectivity index (χ1v) is 1.91. The van der Waals surface area contributed by atoms with E-state index in [0.717, 1.165) is 0 Å². The van der Waals surface area contributed by atoms with E-state index in [0.29, 0.717) is 0 Å². The Balaban J connectivity index is 0.000000360. The molecule has 0 N–H and O–H groups in total. The Kier molecular flexibility index (Phi) is 4.69. The summed E-state index contributed by atoms with van der Waals surface area (Å²) in [4.78, 5) is 0. The van der Waals surface area contributed by atoms with Crippen molar-refractivity contribution in [1.29, 1.82) is 0 Å². The van der Waals surface area contributed by atoms with Gasteiger partial charge in [-0.2, -0.15) is 36.4 Å². The summed E-state index contributed by atoms with van der Waals surface area (Å²) in [5, 5.41) is 0. The second-order valence-corrected chi connectivity index (χ2v) is 1.08. The fourth-order valence-electron chi connectivity index (χ4n) is 0.342. The van der Waals surface area contributed by atoms with Crippen LogP contribution >= 0.6 is 0 Å². The van der Waals surface area contributed by atoms with Gasteiger partial charge in [-0.3, -0.25) is 0 Å². The fraction of sp³-hybridized carbons (Fsp3) is 0. The number of hydrogen-bond donors (Lipinski definition) is 0. The summed E-state index contributed by atoms with van der Waals surface area (Å²) < 4.78 is 0. The first kappa shape index (κ1) is 7.32. The van der Waals surface area contributed by atoms with Crippen molar-refractivity contribution in [3.05, 3.63) is 36.4 Å². The molecule has 0 unspecified atom stereocenters. The second-order valence-electron chi connectivity index (χ2n) is 1.08. The van der Waals surface area contributed by atoms with Crippen LogP contribution in [0, 0.1) is 6.07 Å². The predicted octanol–water partition coefficient (Wildman–Crippen LogP) is 1.48. The topological polar surface area (TPSA) is 0 Å². The smallest absolute Gasteiger partial charge is 0 e. The van der Waals surface area contributed by atoms with E-state index < -0.39 is 0 Å². The van der Waals surface area contributed by atoms with Crippen LogP contribution in [0.1, 0.15) is 0 Å². The molecule has 7 heavy (non-hydrogen) atoms.